The first-order chi connectivity index (χ1) is 5.70. The highest BCUT2D eigenvalue weighted by Crippen LogP contribution is 2.14. The molecule has 1 aliphatic carbocycles. The number of hydrogen-bond donors (Lipinski definition) is 1. The Bertz CT molecular complexity index is 153. The van der Waals surface area contributed by atoms with Crippen LogP contribution in [0.5, 0.6) is 0 Å². The Morgan fingerprint density at radius 3 is 2.25 bits per heavy atom. The van der Waals surface area contributed by atoms with Gasteiger partial charge in [0, 0.05) is 11.8 Å². The topological polar surface area (TPSA) is 24.4 Å². The van der Waals surface area contributed by atoms with Gasteiger partial charge in [-0.05, 0) is 38.5 Å². The molecule has 70 valence electrons. The zero-order chi connectivity index (χ0) is 8.97. The van der Waals surface area contributed by atoms with Crippen molar-refractivity contribution in [2.75, 3.05) is 0 Å². The Balaban J connectivity index is 2.27. The number of nitrogens with one attached hydrogen (secondary N) is 1. The first-order valence-electron chi connectivity index (χ1n) is 5.01. The molecular formula is C10H20N2. The lowest BCUT2D eigenvalue weighted by atomic mass is 10.1. The van der Waals surface area contributed by atoms with E-state index in [1.54, 1.807) is 0 Å². The highest BCUT2D eigenvalue weighted by molar-refractivity contribution is 5.85. The zero-order valence-electron chi connectivity index (χ0n) is 8.43. The molecule has 12 heavy (non-hydrogen) atoms. The fraction of sp³-hybridized carbons (Fsp3) is 0.900. The molecule has 1 N–H and O–H groups in total. The largest absolute Gasteiger partial charge is 0.307 e. The molecule has 1 rings (SSSR count). The molecule has 1 fully saturated rings. The van der Waals surface area contributed by atoms with Crippen molar-refractivity contribution in [1.82, 2.24) is 5.43 Å². The van der Waals surface area contributed by atoms with Crippen LogP contribution >= 0.6 is 0 Å². The minimum Gasteiger partial charge on any atom is -0.307 e. The van der Waals surface area contributed by atoms with E-state index in [1.165, 1.54) is 31.4 Å². The summed E-state index contributed by atoms with van der Waals surface area (Å²) in [5.74, 6) is 0.663. The van der Waals surface area contributed by atoms with Gasteiger partial charge in [0.05, 0.1) is 0 Å². The Labute approximate surface area is 75.4 Å². The summed E-state index contributed by atoms with van der Waals surface area (Å²) in [6.07, 6.45) is 5.07. The van der Waals surface area contributed by atoms with Gasteiger partial charge in [0.25, 0.3) is 0 Å². The van der Waals surface area contributed by atoms with Crippen molar-refractivity contribution in [3.05, 3.63) is 0 Å². The molecule has 2 heteroatoms. The second-order valence-electron chi connectivity index (χ2n) is 4.05. The molecule has 1 unspecified atom stereocenters. The second-order valence-corrected chi connectivity index (χ2v) is 4.05. The summed E-state index contributed by atoms with van der Waals surface area (Å²) in [6, 6.07) is 0.498. The van der Waals surface area contributed by atoms with Crippen LogP contribution in [-0.4, -0.2) is 11.8 Å². The lowest BCUT2D eigenvalue weighted by Gasteiger charge is -2.15. The number of rotatable bonds is 3. The quantitative estimate of drug-likeness (QED) is 0.643. The summed E-state index contributed by atoms with van der Waals surface area (Å²) < 4.78 is 0. The van der Waals surface area contributed by atoms with Crippen molar-refractivity contribution in [2.45, 2.75) is 52.5 Å². The van der Waals surface area contributed by atoms with Gasteiger partial charge in [-0.1, -0.05) is 13.8 Å². The number of hydrazone groups is 1. The molecule has 1 saturated carbocycles. The predicted molar refractivity (Wildman–Crippen MR) is 53.3 cm³/mol. The SMILES string of the molecule is CC(C)C(C)NN=C1CCCC1. The molecule has 0 bridgehead atoms. The van der Waals surface area contributed by atoms with Gasteiger partial charge in [0.2, 0.25) is 0 Å². The van der Waals surface area contributed by atoms with Gasteiger partial charge in [-0.3, -0.25) is 0 Å². The van der Waals surface area contributed by atoms with E-state index in [9.17, 15) is 0 Å². The van der Waals surface area contributed by atoms with E-state index in [1.807, 2.05) is 0 Å². The second kappa shape index (κ2) is 4.48. The van der Waals surface area contributed by atoms with Gasteiger partial charge in [0.1, 0.15) is 0 Å². The van der Waals surface area contributed by atoms with Gasteiger partial charge in [-0.2, -0.15) is 5.10 Å². The standard InChI is InChI=1S/C10H20N2/c1-8(2)9(3)11-12-10-6-4-5-7-10/h8-9,11H,4-7H2,1-3H3. The van der Waals surface area contributed by atoms with E-state index in [0.29, 0.717) is 12.0 Å². The molecule has 0 aliphatic heterocycles. The van der Waals surface area contributed by atoms with E-state index < -0.39 is 0 Å². The molecule has 1 atom stereocenters. The summed E-state index contributed by atoms with van der Waals surface area (Å²) in [7, 11) is 0. The fourth-order valence-electron chi connectivity index (χ4n) is 1.24. The average Bonchev–Trinajstić information content (AvgIpc) is 2.51. The van der Waals surface area contributed by atoms with Gasteiger partial charge in [-0.25, -0.2) is 0 Å². The molecule has 0 aromatic rings. The third kappa shape index (κ3) is 2.84. The molecule has 0 aromatic heterocycles. The third-order valence-corrected chi connectivity index (χ3v) is 2.61. The van der Waals surface area contributed by atoms with Crippen molar-refractivity contribution < 1.29 is 0 Å². The maximum Gasteiger partial charge on any atom is 0.0434 e. The fourth-order valence-corrected chi connectivity index (χ4v) is 1.24. The van der Waals surface area contributed by atoms with Crippen LogP contribution in [-0.2, 0) is 0 Å². The van der Waals surface area contributed by atoms with Crippen LogP contribution in [0, 0.1) is 5.92 Å². The van der Waals surface area contributed by atoms with Gasteiger partial charge in [0.15, 0.2) is 0 Å². The number of nitrogens with zero attached hydrogens (tertiary/aromatic N) is 1. The summed E-state index contributed by atoms with van der Waals surface area (Å²) in [5.41, 5.74) is 4.58. The van der Waals surface area contributed by atoms with Crippen LogP contribution in [0.4, 0.5) is 0 Å². The molecule has 0 spiro atoms. The normalized spacial score (nSPS) is 19.8. The Morgan fingerprint density at radius 1 is 1.17 bits per heavy atom. The lowest BCUT2D eigenvalue weighted by molar-refractivity contribution is 0.438. The zero-order valence-corrected chi connectivity index (χ0v) is 8.43. The van der Waals surface area contributed by atoms with Crippen LogP contribution in [0.3, 0.4) is 0 Å². The molecule has 0 radical (unpaired) electrons. The third-order valence-electron chi connectivity index (χ3n) is 2.61. The molecule has 0 amide bonds. The minimum absolute atomic E-state index is 0.498. The Hall–Kier alpha value is -0.530. The number of hydrogen-bond acceptors (Lipinski definition) is 2. The Kier molecular flexibility index (Phi) is 3.57. The average molecular weight is 168 g/mol. The molecule has 1 aliphatic rings. The monoisotopic (exact) mass is 168 g/mol. The minimum atomic E-state index is 0.498. The molecule has 2 nitrogen and oxygen atoms in total. The highest BCUT2D eigenvalue weighted by atomic mass is 15.3. The van der Waals surface area contributed by atoms with Crippen molar-refractivity contribution in [1.29, 1.82) is 0 Å². The van der Waals surface area contributed by atoms with Crippen LogP contribution in [0.2, 0.25) is 0 Å². The van der Waals surface area contributed by atoms with Crippen LogP contribution in [0.15, 0.2) is 5.10 Å². The molecular weight excluding hydrogens is 148 g/mol. The maximum absolute atomic E-state index is 4.41. The van der Waals surface area contributed by atoms with Crippen LogP contribution < -0.4 is 5.43 Å². The first kappa shape index (κ1) is 9.56. The van der Waals surface area contributed by atoms with Crippen molar-refractivity contribution >= 4 is 5.71 Å². The smallest absolute Gasteiger partial charge is 0.0434 e. The summed E-state index contributed by atoms with van der Waals surface area (Å²) >= 11 is 0. The van der Waals surface area contributed by atoms with Crippen LogP contribution in [0.1, 0.15) is 46.5 Å². The molecule has 0 heterocycles. The van der Waals surface area contributed by atoms with Crippen molar-refractivity contribution in [3.8, 4) is 0 Å². The predicted octanol–water partition coefficient (Wildman–Crippen LogP) is 2.55. The summed E-state index contributed by atoms with van der Waals surface area (Å²) in [4.78, 5) is 0. The lowest BCUT2D eigenvalue weighted by Crippen LogP contribution is -2.27. The maximum atomic E-state index is 4.41. The highest BCUT2D eigenvalue weighted by Gasteiger charge is 2.09. The molecule has 0 saturated heterocycles. The van der Waals surface area contributed by atoms with E-state index in [-0.39, 0.29) is 0 Å². The molecule has 0 aromatic carbocycles. The van der Waals surface area contributed by atoms with E-state index >= 15 is 0 Å². The Morgan fingerprint density at radius 2 is 1.75 bits per heavy atom. The van der Waals surface area contributed by atoms with E-state index in [4.69, 9.17) is 0 Å². The first-order valence-corrected chi connectivity index (χ1v) is 5.01. The van der Waals surface area contributed by atoms with E-state index in [2.05, 4.69) is 31.3 Å². The van der Waals surface area contributed by atoms with E-state index in [0.717, 1.165) is 0 Å². The van der Waals surface area contributed by atoms with Gasteiger partial charge in [-0.15, -0.1) is 0 Å². The van der Waals surface area contributed by atoms with Crippen molar-refractivity contribution in [3.63, 3.8) is 0 Å². The van der Waals surface area contributed by atoms with Crippen LogP contribution in [0.25, 0.3) is 0 Å². The van der Waals surface area contributed by atoms with Gasteiger partial charge < -0.3 is 5.43 Å². The van der Waals surface area contributed by atoms with Crippen molar-refractivity contribution in [2.24, 2.45) is 11.0 Å². The van der Waals surface area contributed by atoms with Gasteiger partial charge >= 0.3 is 0 Å². The summed E-state index contributed by atoms with van der Waals surface area (Å²) in [6.45, 7) is 6.61. The summed E-state index contributed by atoms with van der Waals surface area (Å²) in [5, 5.41) is 4.41.